The van der Waals surface area contributed by atoms with Gasteiger partial charge in [0.2, 0.25) is 15.9 Å². The molecule has 1 N–H and O–H groups in total. The smallest absolute Gasteiger partial charge is 0.324 e. The van der Waals surface area contributed by atoms with Crippen LogP contribution in [-0.2, 0) is 21.0 Å². The van der Waals surface area contributed by atoms with Gasteiger partial charge in [0, 0.05) is 24.7 Å². The third kappa shape index (κ3) is 5.24. The van der Waals surface area contributed by atoms with E-state index in [0.717, 1.165) is 24.4 Å². The second kappa shape index (κ2) is 9.94. The molecular formula is C24H22F4N4O3S. The Morgan fingerprint density at radius 3 is 2.64 bits per heavy atom. The van der Waals surface area contributed by atoms with Crippen molar-refractivity contribution in [2.45, 2.75) is 36.8 Å². The second-order valence-corrected chi connectivity index (χ2v) is 10.1. The molecule has 1 unspecified atom stereocenters. The summed E-state index contributed by atoms with van der Waals surface area (Å²) < 4.78 is 81.3. The molecule has 1 amide bonds. The Kier molecular flexibility index (Phi) is 7.10. The van der Waals surface area contributed by atoms with Gasteiger partial charge in [0.05, 0.1) is 41.0 Å². The maximum Gasteiger partial charge on any atom is 0.416 e. The zero-order valence-corrected chi connectivity index (χ0v) is 19.9. The lowest BCUT2D eigenvalue weighted by Gasteiger charge is -2.28. The molecule has 0 saturated carbocycles. The number of halogens is 4. The van der Waals surface area contributed by atoms with Crippen LogP contribution in [0.4, 0.5) is 23.2 Å². The first kappa shape index (κ1) is 25.7. The number of amides is 1. The summed E-state index contributed by atoms with van der Waals surface area (Å²) in [7, 11) is -4.03. The fourth-order valence-corrected chi connectivity index (χ4v) is 5.79. The first-order valence-electron chi connectivity index (χ1n) is 11.1. The number of hydrogen-bond donors (Lipinski definition) is 1. The Morgan fingerprint density at radius 2 is 1.94 bits per heavy atom. The summed E-state index contributed by atoms with van der Waals surface area (Å²) in [4.78, 5) is 21.1. The van der Waals surface area contributed by atoms with Gasteiger partial charge in [-0.05, 0) is 37.1 Å². The molecule has 1 aliphatic rings. The van der Waals surface area contributed by atoms with Crippen LogP contribution in [0.3, 0.4) is 0 Å². The Bertz CT molecular complexity index is 1400. The van der Waals surface area contributed by atoms with E-state index in [-0.39, 0.29) is 47.0 Å². The first-order valence-corrected chi connectivity index (χ1v) is 12.5. The van der Waals surface area contributed by atoms with E-state index in [1.807, 2.05) is 0 Å². The van der Waals surface area contributed by atoms with Gasteiger partial charge in [0.25, 0.3) is 0 Å². The van der Waals surface area contributed by atoms with Crippen molar-refractivity contribution in [3.8, 4) is 11.3 Å². The predicted octanol–water partition coefficient (Wildman–Crippen LogP) is 4.83. The number of carbonyl (C=O) groups is 1. The highest BCUT2D eigenvalue weighted by Crippen LogP contribution is 2.36. The quantitative estimate of drug-likeness (QED) is 0.496. The Balaban J connectivity index is 1.83. The van der Waals surface area contributed by atoms with E-state index in [1.54, 1.807) is 6.92 Å². The fraction of sp³-hybridized carbons (Fsp3) is 0.292. The highest BCUT2D eigenvalue weighted by Gasteiger charge is 2.36. The first-order chi connectivity index (χ1) is 17.0. The van der Waals surface area contributed by atoms with Crippen LogP contribution >= 0.6 is 0 Å². The number of fused-ring (bicyclic) bond motifs is 1. The van der Waals surface area contributed by atoms with Crippen molar-refractivity contribution in [3.05, 3.63) is 71.9 Å². The van der Waals surface area contributed by atoms with E-state index in [2.05, 4.69) is 15.3 Å². The predicted molar refractivity (Wildman–Crippen MR) is 124 cm³/mol. The summed E-state index contributed by atoms with van der Waals surface area (Å²) in [5.74, 6) is -2.35. The molecule has 1 atom stereocenters. The highest BCUT2D eigenvalue weighted by molar-refractivity contribution is 7.89. The molecule has 12 heteroatoms. The van der Waals surface area contributed by atoms with Gasteiger partial charge in [0.15, 0.2) is 0 Å². The standard InChI is InChI=1S/C24H22F4N4O3S/c1-2-32-10-4-7-19(23(33)30-18-12-17(25)13-29-14-18)22-21(36(32,34)35)9-8-20(31-22)15-5-3-6-16(11-15)24(26,27)28/h3,5-6,8-9,11-14,19H,2,4,7,10H2,1H3,(H,30,33). The van der Waals surface area contributed by atoms with Crippen LogP contribution < -0.4 is 5.32 Å². The SMILES string of the molecule is CCN1CCCC(C(=O)Nc2cncc(F)c2)c2nc(-c3cccc(C(F)(F)F)c3)ccc2S1(=O)=O. The highest BCUT2D eigenvalue weighted by atomic mass is 32.2. The lowest BCUT2D eigenvalue weighted by Crippen LogP contribution is -2.36. The van der Waals surface area contributed by atoms with Gasteiger partial charge in [-0.15, -0.1) is 0 Å². The third-order valence-electron chi connectivity index (χ3n) is 5.86. The molecule has 0 fully saturated rings. The van der Waals surface area contributed by atoms with E-state index in [0.29, 0.717) is 6.42 Å². The molecular weight excluding hydrogens is 500 g/mol. The second-order valence-electron chi connectivity index (χ2n) is 8.23. The normalized spacial score (nSPS) is 18.1. The minimum Gasteiger partial charge on any atom is -0.324 e. The zero-order valence-electron chi connectivity index (χ0n) is 19.1. The summed E-state index contributed by atoms with van der Waals surface area (Å²) in [6.45, 7) is 2.06. The molecule has 1 aromatic carbocycles. The summed E-state index contributed by atoms with van der Waals surface area (Å²) in [5, 5.41) is 2.54. The van der Waals surface area contributed by atoms with E-state index in [9.17, 15) is 30.8 Å². The van der Waals surface area contributed by atoms with Crippen LogP contribution in [0, 0.1) is 5.82 Å². The molecule has 3 aromatic rings. The van der Waals surface area contributed by atoms with Crippen molar-refractivity contribution in [2.24, 2.45) is 0 Å². The number of aromatic nitrogens is 2. The van der Waals surface area contributed by atoms with Gasteiger partial charge in [-0.3, -0.25) is 14.8 Å². The molecule has 190 valence electrons. The molecule has 1 aliphatic heterocycles. The van der Waals surface area contributed by atoms with Crippen LogP contribution in [0.15, 0.2) is 59.8 Å². The maximum absolute atomic E-state index is 13.6. The minimum atomic E-state index is -4.58. The lowest BCUT2D eigenvalue weighted by atomic mass is 9.96. The number of nitrogens with zero attached hydrogens (tertiary/aromatic N) is 3. The van der Waals surface area contributed by atoms with Crippen molar-refractivity contribution < 1.29 is 30.8 Å². The number of sulfonamides is 1. The topological polar surface area (TPSA) is 92.3 Å². The van der Waals surface area contributed by atoms with Crippen molar-refractivity contribution in [3.63, 3.8) is 0 Å². The van der Waals surface area contributed by atoms with Gasteiger partial charge in [-0.2, -0.15) is 17.5 Å². The molecule has 4 rings (SSSR count). The van der Waals surface area contributed by atoms with Gasteiger partial charge >= 0.3 is 6.18 Å². The van der Waals surface area contributed by atoms with E-state index < -0.39 is 39.4 Å². The Labute approximate surface area is 205 Å². The third-order valence-corrected chi connectivity index (χ3v) is 7.88. The molecule has 3 heterocycles. The van der Waals surface area contributed by atoms with Crippen LogP contribution in [0.25, 0.3) is 11.3 Å². The molecule has 0 spiro atoms. The summed E-state index contributed by atoms with van der Waals surface area (Å²) >= 11 is 0. The molecule has 36 heavy (non-hydrogen) atoms. The largest absolute Gasteiger partial charge is 0.416 e. The summed E-state index contributed by atoms with van der Waals surface area (Å²) in [5.41, 5.74) is -0.677. The number of alkyl halides is 3. The molecule has 0 radical (unpaired) electrons. The van der Waals surface area contributed by atoms with Crippen molar-refractivity contribution in [2.75, 3.05) is 18.4 Å². The molecule has 0 aliphatic carbocycles. The maximum atomic E-state index is 13.6. The Morgan fingerprint density at radius 1 is 1.17 bits per heavy atom. The number of pyridine rings is 2. The van der Waals surface area contributed by atoms with Crippen molar-refractivity contribution in [1.29, 1.82) is 0 Å². The van der Waals surface area contributed by atoms with E-state index in [1.165, 1.54) is 34.8 Å². The summed E-state index contributed by atoms with van der Waals surface area (Å²) in [6, 6.07) is 8.15. The Hall–Kier alpha value is -3.38. The number of nitrogens with one attached hydrogen (secondary N) is 1. The monoisotopic (exact) mass is 522 g/mol. The minimum absolute atomic E-state index is 0.0788. The molecule has 2 aromatic heterocycles. The molecule has 7 nitrogen and oxygen atoms in total. The number of hydrogen-bond acceptors (Lipinski definition) is 5. The van der Waals surface area contributed by atoms with Gasteiger partial charge < -0.3 is 5.32 Å². The lowest BCUT2D eigenvalue weighted by molar-refractivity contribution is -0.137. The van der Waals surface area contributed by atoms with Crippen LogP contribution in [0.2, 0.25) is 0 Å². The zero-order chi connectivity index (χ0) is 26.1. The van der Waals surface area contributed by atoms with Gasteiger partial charge in [-0.25, -0.2) is 12.8 Å². The average Bonchev–Trinajstić information content (AvgIpc) is 2.82. The fourth-order valence-electron chi connectivity index (χ4n) is 4.11. The van der Waals surface area contributed by atoms with Gasteiger partial charge in [-0.1, -0.05) is 19.1 Å². The van der Waals surface area contributed by atoms with Crippen LogP contribution in [0.1, 0.15) is 36.9 Å². The number of benzene rings is 1. The van der Waals surface area contributed by atoms with Crippen molar-refractivity contribution in [1.82, 2.24) is 14.3 Å². The van der Waals surface area contributed by atoms with Crippen molar-refractivity contribution >= 4 is 21.6 Å². The molecule has 0 saturated heterocycles. The number of anilines is 1. The number of carbonyl (C=O) groups excluding carboxylic acids is 1. The summed E-state index contributed by atoms with van der Waals surface area (Å²) in [6.07, 6.45) is -1.82. The van der Waals surface area contributed by atoms with E-state index >= 15 is 0 Å². The molecule has 0 bridgehead atoms. The van der Waals surface area contributed by atoms with Gasteiger partial charge in [0.1, 0.15) is 10.7 Å². The van der Waals surface area contributed by atoms with Crippen LogP contribution in [0.5, 0.6) is 0 Å². The number of rotatable bonds is 4. The van der Waals surface area contributed by atoms with E-state index in [4.69, 9.17) is 0 Å². The average molecular weight is 523 g/mol. The van der Waals surface area contributed by atoms with Crippen LogP contribution in [-0.4, -0.2) is 41.7 Å².